The molecule has 2 aromatic heterocycles. The first-order valence-corrected chi connectivity index (χ1v) is 13.2. The summed E-state index contributed by atoms with van der Waals surface area (Å²) in [6.45, 7) is 1.92. The molecular weight excluding hydrogens is 474 g/mol. The van der Waals surface area contributed by atoms with E-state index in [9.17, 15) is 14.9 Å². The van der Waals surface area contributed by atoms with Crippen LogP contribution in [0.4, 0.5) is 11.4 Å². The molecule has 4 aromatic rings. The Hall–Kier alpha value is -3.72. The molecule has 2 heterocycles. The van der Waals surface area contributed by atoms with Crippen LogP contribution in [0.3, 0.4) is 0 Å². The number of nitro groups is 1. The van der Waals surface area contributed by atoms with E-state index in [0.717, 1.165) is 53.1 Å². The summed E-state index contributed by atoms with van der Waals surface area (Å²) in [6.07, 6.45) is 6.84. The van der Waals surface area contributed by atoms with Gasteiger partial charge < -0.3 is 4.57 Å². The van der Waals surface area contributed by atoms with Crippen molar-refractivity contribution >= 4 is 22.7 Å². The molecule has 0 amide bonds. The highest BCUT2D eigenvalue weighted by molar-refractivity contribution is 7.07. The summed E-state index contributed by atoms with van der Waals surface area (Å²) in [4.78, 5) is 30.0. The van der Waals surface area contributed by atoms with Gasteiger partial charge in [0.2, 0.25) is 0 Å². The summed E-state index contributed by atoms with van der Waals surface area (Å²) in [5, 5.41) is 13.2. The Labute approximate surface area is 212 Å². The van der Waals surface area contributed by atoms with E-state index in [2.05, 4.69) is 9.95 Å². The first kappa shape index (κ1) is 24.0. The third-order valence-electron chi connectivity index (χ3n) is 7.04. The van der Waals surface area contributed by atoms with Crippen molar-refractivity contribution in [2.24, 2.45) is 12.0 Å². The van der Waals surface area contributed by atoms with Crippen LogP contribution in [0.1, 0.15) is 50.3 Å². The summed E-state index contributed by atoms with van der Waals surface area (Å²) in [5.41, 5.74) is 3.83. The second kappa shape index (κ2) is 10.1. The van der Waals surface area contributed by atoms with Crippen LogP contribution in [-0.4, -0.2) is 18.9 Å². The maximum atomic E-state index is 13.5. The Balaban J connectivity index is 1.68. The van der Waals surface area contributed by atoms with E-state index in [1.807, 2.05) is 49.0 Å². The molecule has 0 spiro atoms. The Morgan fingerprint density at radius 2 is 1.67 bits per heavy atom. The maximum Gasteiger partial charge on any atom is 0.297 e. The summed E-state index contributed by atoms with van der Waals surface area (Å²) in [5.74, 6) is 0. The van der Waals surface area contributed by atoms with E-state index in [4.69, 9.17) is 4.99 Å². The largest absolute Gasteiger partial charge is 0.313 e. The Bertz CT molecular complexity index is 1500. The van der Waals surface area contributed by atoms with Gasteiger partial charge in [0.05, 0.1) is 22.0 Å². The molecule has 1 aliphatic rings. The van der Waals surface area contributed by atoms with E-state index in [1.165, 1.54) is 24.2 Å². The number of non-ortho nitro benzene ring substituents is 1. The number of para-hydroxylation sites is 1. The smallest absolute Gasteiger partial charge is 0.297 e. The summed E-state index contributed by atoms with van der Waals surface area (Å²) >= 11 is 1.51. The average molecular weight is 504 g/mol. The van der Waals surface area contributed by atoms with Crippen LogP contribution < -0.4 is 10.4 Å². The van der Waals surface area contributed by atoms with Crippen LogP contribution >= 0.6 is 11.3 Å². The maximum absolute atomic E-state index is 13.5. The highest BCUT2D eigenvalue weighted by atomic mass is 32.1. The van der Waals surface area contributed by atoms with Gasteiger partial charge in [0.25, 0.3) is 11.2 Å². The number of aromatic nitrogens is 3. The van der Waals surface area contributed by atoms with Crippen molar-refractivity contribution in [2.45, 2.75) is 51.5 Å². The van der Waals surface area contributed by atoms with Crippen molar-refractivity contribution < 1.29 is 4.92 Å². The monoisotopic (exact) mass is 503 g/mol. The van der Waals surface area contributed by atoms with E-state index in [1.54, 1.807) is 28.9 Å². The molecule has 1 aliphatic carbocycles. The molecule has 0 radical (unpaired) electrons. The molecule has 8 nitrogen and oxygen atoms in total. The van der Waals surface area contributed by atoms with Crippen LogP contribution in [0.2, 0.25) is 0 Å². The number of benzene rings is 2. The molecule has 0 saturated heterocycles. The Morgan fingerprint density at radius 1 is 1.00 bits per heavy atom. The summed E-state index contributed by atoms with van der Waals surface area (Å²) in [7, 11) is 1.87. The van der Waals surface area contributed by atoms with Gasteiger partial charge in [-0.3, -0.25) is 19.6 Å². The SMILES string of the molecule is Cc1c(N=c2scc(-c3ccc([N+](=O)[O-])cc3)n2C2CCCCCC2)c(=O)n(-c2ccccc2)n1C. The summed E-state index contributed by atoms with van der Waals surface area (Å²) in [6, 6.07) is 16.5. The lowest BCUT2D eigenvalue weighted by molar-refractivity contribution is -0.384. The molecular formula is C27H29N5O3S. The van der Waals surface area contributed by atoms with Gasteiger partial charge in [0.1, 0.15) is 0 Å². The fourth-order valence-corrected chi connectivity index (χ4v) is 5.99. The second-order valence-corrected chi connectivity index (χ2v) is 10.1. The molecule has 0 atom stereocenters. The molecule has 2 aromatic carbocycles. The van der Waals surface area contributed by atoms with Crippen LogP contribution in [0.15, 0.2) is 69.8 Å². The molecule has 1 saturated carbocycles. The van der Waals surface area contributed by atoms with Gasteiger partial charge in [-0.25, -0.2) is 9.67 Å². The zero-order chi connectivity index (χ0) is 25.2. The van der Waals surface area contributed by atoms with Crippen LogP contribution in [0.5, 0.6) is 0 Å². The van der Waals surface area contributed by atoms with Gasteiger partial charge in [-0.15, -0.1) is 11.3 Å². The fraction of sp³-hybridized carbons (Fsp3) is 0.333. The minimum atomic E-state index is -0.381. The van der Waals surface area contributed by atoms with E-state index in [0.29, 0.717) is 5.69 Å². The molecule has 1 fully saturated rings. The number of nitro benzene ring substituents is 1. The zero-order valence-corrected chi connectivity index (χ0v) is 21.3. The quantitative estimate of drug-likeness (QED) is 0.189. The minimum absolute atomic E-state index is 0.0706. The van der Waals surface area contributed by atoms with Crippen LogP contribution in [-0.2, 0) is 7.05 Å². The molecule has 36 heavy (non-hydrogen) atoms. The van der Waals surface area contributed by atoms with Gasteiger partial charge in [-0.1, -0.05) is 43.9 Å². The molecule has 0 aliphatic heterocycles. The zero-order valence-electron chi connectivity index (χ0n) is 20.5. The first-order chi connectivity index (χ1) is 17.5. The third kappa shape index (κ3) is 4.46. The van der Waals surface area contributed by atoms with Crippen LogP contribution in [0.25, 0.3) is 16.9 Å². The highest BCUT2D eigenvalue weighted by Gasteiger charge is 2.22. The highest BCUT2D eigenvalue weighted by Crippen LogP contribution is 2.32. The number of thiazole rings is 1. The number of hydrogen-bond acceptors (Lipinski definition) is 5. The van der Waals surface area contributed by atoms with Crippen molar-refractivity contribution in [1.82, 2.24) is 13.9 Å². The predicted molar refractivity (Wildman–Crippen MR) is 142 cm³/mol. The van der Waals surface area contributed by atoms with Crippen molar-refractivity contribution in [3.8, 4) is 16.9 Å². The Morgan fingerprint density at radius 3 is 2.31 bits per heavy atom. The lowest BCUT2D eigenvalue weighted by Crippen LogP contribution is -2.23. The van der Waals surface area contributed by atoms with Gasteiger partial charge >= 0.3 is 0 Å². The van der Waals surface area contributed by atoms with Gasteiger partial charge in [0, 0.05) is 30.6 Å². The normalized spacial score (nSPS) is 15.2. The molecule has 186 valence electrons. The van der Waals surface area contributed by atoms with Crippen molar-refractivity contribution in [2.75, 3.05) is 0 Å². The lowest BCUT2D eigenvalue weighted by atomic mass is 10.1. The minimum Gasteiger partial charge on any atom is -0.313 e. The van der Waals surface area contributed by atoms with E-state index >= 15 is 0 Å². The molecule has 0 unspecified atom stereocenters. The number of hydrogen-bond donors (Lipinski definition) is 0. The average Bonchev–Trinajstić information content (AvgIpc) is 3.24. The molecule has 0 bridgehead atoms. The summed E-state index contributed by atoms with van der Waals surface area (Å²) < 4.78 is 5.75. The predicted octanol–water partition coefficient (Wildman–Crippen LogP) is 6.05. The van der Waals surface area contributed by atoms with Crippen molar-refractivity contribution in [3.05, 3.63) is 90.9 Å². The van der Waals surface area contributed by atoms with E-state index < -0.39 is 0 Å². The Kier molecular flexibility index (Phi) is 6.73. The second-order valence-electron chi connectivity index (χ2n) is 9.24. The topological polar surface area (TPSA) is 87.4 Å². The standard InChI is InChI=1S/C27H29N5O3S/c1-19-25(26(33)31(29(19)2)22-12-8-5-9-13-22)28-27-30(21-10-6-3-4-7-11-21)24(18-36-27)20-14-16-23(17-15-20)32(34)35/h5,8-9,12-18,21H,3-4,6-7,10-11H2,1-2H3. The van der Waals surface area contributed by atoms with Crippen LogP contribution in [0, 0.1) is 17.0 Å². The van der Waals surface area contributed by atoms with Crippen molar-refractivity contribution in [1.29, 1.82) is 0 Å². The van der Waals surface area contributed by atoms with Gasteiger partial charge in [-0.05, 0) is 49.6 Å². The molecule has 0 N–H and O–H groups in total. The van der Waals surface area contributed by atoms with Gasteiger partial charge in [0.15, 0.2) is 10.5 Å². The first-order valence-electron chi connectivity index (χ1n) is 12.3. The number of nitrogens with zero attached hydrogens (tertiary/aromatic N) is 5. The van der Waals surface area contributed by atoms with E-state index in [-0.39, 0.29) is 22.2 Å². The van der Waals surface area contributed by atoms with Gasteiger partial charge in [-0.2, -0.15) is 0 Å². The third-order valence-corrected chi connectivity index (χ3v) is 7.88. The molecule has 9 heteroatoms. The number of rotatable bonds is 5. The fourth-order valence-electron chi connectivity index (χ4n) is 5.01. The lowest BCUT2D eigenvalue weighted by Gasteiger charge is -2.20. The molecule has 5 rings (SSSR count). The van der Waals surface area contributed by atoms with Crippen molar-refractivity contribution in [3.63, 3.8) is 0 Å².